The maximum atomic E-state index is 3.49. The molecule has 1 atom stereocenters. The van der Waals surface area contributed by atoms with Crippen LogP contribution >= 0.6 is 11.3 Å². The standard InChI is InChI=1S/C10H17NS/c1-3-4-9(2)11-7-10-5-6-12-8-10/h5-6,8-9,11H,3-4,7H2,1-2H3. The Morgan fingerprint density at radius 2 is 2.42 bits per heavy atom. The van der Waals surface area contributed by atoms with Gasteiger partial charge in [0.25, 0.3) is 0 Å². The first-order valence-corrected chi connectivity index (χ1v) is 5.51. The topological polar surface area (TPSA) is 12.0 Å². The van der Waals surface area contributed by atoms with Crippen LogP contribution in [0.2, 0.25) is 0 Å². The molecular formula is C10H17NS. The molecule has 0 aliphatic rings. The maximum Gasteiger partial charge on any atom is 0.0216 e. The molecule has 1 rings (SSSR count). The molecule has 0 aliphatic heterocycles. The van der Waals surface area contributed by atoms with Crippen molar-refractivity contribution in [1.82, 2.24) is 5.32 Å². The molecule has 1 N–H and O–H groups in total. The predicted octanol–water partition coefficient (Wildman–Crippen LogP) is 3.03. The van der Waals surface area contributed by atoms with E-state index in [1.54, 1.807) is 11.3 Å². The minimum Gasteiger partial charge on any atom is -0.310 e. The molecule has 0 aliphatic carbocycles. The lowest BCUT2D eigenvalue weighted by Crippen LogP contribution is -2.24. The molecule has 1 unspecified atom stereocenters. The lowest BCUT2D eigenvalue weighted by Gasteiger charge is -2.11. The van der Waals surface area contributed by atoms with Gasteiger partial charge in [0.2, 0.25) is 0 Å². The van der Waals surface area contributed by atoms with Crippen molar-refractivity contribution in [2.45, 2.75) is 39.3 Å². The monoisotopic (exact) mass is 183 g/mol. The summed E-state index contributed by atoms with van der Waals surface area (Å²) < 4.78 is 0. The average Bonchev–Trinajstić information content (AvgIpc) is 2.53. The Morgan fingerprint density at radius 1 is 1.58 bits per heavy atom. The highest BCUT2D eigenvalue weighted by Crippen LogP contribution is 2.06. The quantitative estimate of drug-likeness (QED) is 0.740. The smallest absolute Gasteiger partial charge is 0.0216 e. The zero-order valence-corrected chi connectivity index (χ0v) is 8.66. The van der Waals surface area contributed by atoms with Crippen molar-refractivity contribution >= 4 is 11.3 Å². The van der Waals surface area contributed by atoms with E-state index in [-0.39, 0.29) is 0 Å². The van der Waals surface area contributed by atoms with E-state index < -0.39 is 0 Å². The second-order valence-electron chi connectivity index (χ2n) is 3.20. The first-order chi connectivity index (χ1) is 5.83. The lowest BCUT2D eigenvalue weighted by molar-refractivity contribution is 0.509. The first-order valence-electron chi connectivity index (χ1n) is 4.57. The lowest BCUT2D eigenvalue weighted by atomic mass is 10.2. The molecule has 1 aromatic rings. The number of nitrogens with one attached hydrogen (secondary N) is 1. The highest BCUT2D eigenvalue weighted by molar-refractivity contribution is 7.07. The van der Waals surface area contributed by atoms with Gasteiger partial charge in [0.15, 0.2) is 0 Å². The Morgan fingerprint density at radius 3 is 3.00 bits per heavy atom. The Bertz CT molecular complexity index is 194. The van der Waals surface area contributed by atoms with Gasteiger partial charge in [0, 0.05) is 12.6 Å². The van der Waals surface area contributed by atoms with E-state index in [1.807, 2.05) is 0 Å². The summed E-state index contributed by atoms with van der Waals surface area (Å²) in [6.45, 7) is 5.49. The molecule has 0 radical (unpaired) electrons. The van der Waals surface area contributed by atoms with Crippen molar-refractivity contribution < 1.29 is 0 Å². The predicted molar refractivity (Wildman–Crippen MR) is 55.5 cm³/mol. The Hall–Kier alpha value is -0.340. The van der Waals surface area contributed by atoms with E-state index >= 15 is 0 Å². The molecule has 0 fully saturated rings. The maximum absolute atomic E-state index is 3.49. The van der Waals surface area contributed by atoms with Gasteiger partial charge in [0.1, 0.15) is 0 Å². The Balaban J connectivity index is 2.17. The SMILES string of the molecule is CCCC(C)NCc1ccsc1. The highest BCUT2D eigenvalue weighted by Gasteiger charge is 1.99. The molecule has 12 heavy (non-hydrogen) atoms. The molecule has 1 heterocycles. The van der Waals surface area contributed by atoms with Crippen LogP contribution in [0.4, 0.5) is 0 Å². The third-order valence-electron chi connectivity index (χ3n) is 1.96. The molecule has 1 aromatic heterocycles. The van der Waals surface area contributed by atoms with Gasteiger partial charge in [-0.1, -0.05) is 13.3 Å². The van der Waals surface area contributed by atoms with Crippen molar-refractivity contribution in [3.05, 3.63) is 22.4 Å². The number of thiophene rings is 1. The third-order valence-corrected chi connectivity index (χ3v) is 2.69. The van der Waals surface area contributed by atoms with Crippen LogP contribution in [0.15, 0.2) is 16.8 Å². The van der Waals surface area contributed by atoms with Crippen molar-refractivity contribution in [2.24, 2.45) is 0 Å². The van der Waals surface area contributed by atoms with E-state index in [9.17, 15) is 0 Å². The molecule has 0 bridgehead atoms. The van der Waals surface area contributed by atoms with Crippen molar-refractivity contribution in [3.63, 3.8) is 0 Å². The van der Waals surface area contributed by atoms with Crippen LogP contribution in [0.5, 0.6) is 0 Å². The fourth-order valence-electron chi connectivity index (χ4n) is 1.22. The summed E-state index contributed by atoms with van der Waals surface area (Å²) >= 11 is 1.76. The summed E-state index contributed by atoms with van der Waals surface area (Å²) in [6.07, 6.45) is 2.53. The summed E-state index contributed by atoms with van der Waals surface area (Å²) in [7, 11) is 0. The van der Waals surface area contributed by atoms with Gasteiger partial charge < -0.3 is 5.32 Å². The average molecular weight is 183 g/mol. The van der Waals surface area contributed by atoms with E-state index in [1.165, 1.54) is 18.4 Å². The summed E-state index contributed by atoms with van der Waals surface area (Å²) in [5, 5.41) is 7.82. The number of hydrogen-bond acceptors (Lipinski definition) is 2. The van der Waals surface area contributed by atoms with E-state index in [0.29, 0.717) is 6.04 Å². The first kappa shape index (κ1) is 9.75. The second kappa shape index (κ2) is 5.33. The van der Waals surface area contributed by atoms with E-state index in [0.717, 1.165) is 6.54 Å². The van der Waals surface area contributed by atoms with Gasteiger partial charge in [0.05, 0.1) is 0 Å². The minimum atomic E-state index is 0.648. The normalized spacial score (nSPS) is 13.2. The summed E-state index contributed by atoms with van der Waals surface area (Å²) in [6, 6.07) is 2.82. The van der Waals surface area contributed by atoms with Crippen molar-refractivity contribution in [1.29, 1.82) is 0 Å². The summed E-state index contributed by atoms with van der Waals surface area (Å²) in [5.74, 6) is 0. The van der Waals surface area contributed by atoms with Crippen LogP contribution in [0.25, 0.3) is 0 Å². The van der Waals surface area contributed by atoms with Gasteiger partial charge in [-0.25, -0.2) is 0 Å². The third kappa shape index (κ3) is 3.37. The van der Waals surface area contributed by atoms with Crippen LogP contribution in [-0.2, 0) is 6.54 Å². The number of rotatable bonds is 5. The minimum absolute atomic E-state index is 0.648. The van der Waals surface area contributed by atoms with Gasteiger partial charge in [-0.15, -0.1) is 0 Å². The fraction of sp³-hybridized carbons (Fsp3) is 0.600. The van der Waals surface area contributed by atoms with Gasteiger partial charge in [-0.3, -0.25) is 0 Å². The van der Waals surface area contributed by atoms with Crippen LogP contribution in [0, 0.1) is 0 Å². The fourth-order valence-corrected chi connectivity index (χ4v) is 1.89. The molecule has 0 spiro atoms. The van der Waals surface area contributed by atoms with E-state index in [4.69, 9.17) is 0 Å². The Kier molecular flexibility index (Phi) is 4.33. The van der Waals surface area contributed by atoms with E-state index in [2.05, 4.69) is 36.0 Å². The van der Waals surface area contributed by atoms with Crippen LogP contribution in [0.1, 0.15) is 32.3 Å². The molecule has 0 aromatic carbocycles. The zero-order valence-electron chi connectivity index (χ0n) is 7.84. The Labute approximate surface area is 78.8 Å². The number of hydrogen-bond donors (Lipinski definition) is 1. The van der Waals surface area contributed by atoms with Gasteiger partial charge in [-0.2, -0.15) is 11.3 Å². The molecule has 0 saturated heterocycles. The highest BCUT2D eigenvalue weighted by atomic mass is 32.1. The largest absolute Gasteiger partial charge is 0.310 e. The van der Waals surface area contributed by atoms with Crippen LogP contribution in [0.3, 0.4) is 0 Å². The molecular weight excluding hydrogens is 166 g/mol. The van der Waals surface area contributed by atoms with Crippen molar-refractivity contribution in [3.8, 4) is 0 Å². The molecule has 0 saturated carbocycles. The van der Waals surface area contributed by atoms with Crippen LogP contribution < -0.4 is 5.32 Å². The molecule has 0 amide bonds. The second-order valence-corrected chi connectivity index (χ2v) is 3.98. The van der Waals surface area contributed by atoms with Crippen molar-refractivity contribution in [2.75, 3.05) is 0 Å². The summed E-state index contributed by atoms with van der Waals surface area (Å²) in [5.41, 5.74) is 1.41. The zero-order chi connectivity index (χ0) is 8.81. The molecule has 68 valence electrons. The summed E-state index contributed by atoms with van der Waals surface area (Å²) in [4.78, 5) is 0. The van der Waals surface area contributed by atoms with Gasteiger partial charge in [-0.05, 0) is 35.7 Å². The van der Waals surface area contributed by atoms with Gasteiger partial charge >= 0.3 is 0 Å². The molecule has 1 nitrogen and oxygen atoms in total. The van der Waals surface area contributed by atoms with Crippen LogP contribution in [-0.4, -0.2) is 6.04 Å². The molecule has 2 heteroatoms.